The molecule has 0 unspecified atom stereocenters. The second-order valence-corrected chi connectivity index (χ2v) is 6.27. The summed E-state index contributed by atoms with van der Waals surface area (Å²) < 4.78 is 19.7. The third kappa shape index (κ3) is 3.38. The van der Waals surface area contributed by atoms with Gasteiger partial charge in [-0.3, -0.25) is 14.9 Å². The molecule has 1 saturated carbocycles. The van der Waals surface area contributed by atoms with Crippen LogP contribution in [0.15, 0.2) is 48.5 Å². The summed E-state index contributed by atoms with van der Waals surface area (Å²) in [5.74, 6) is -0.877. The van der Waals surface area contributed by atoms with Gasteiger partial charge in [0.1, 0.15) is 12.4 Å². The molecule has 0 aromatic heterocycles. The number of halogens is 1. The SMILES string of the molecule is O=C(OCc1cccc([N+](=O)[O-])c1)C1(c2ccccc2F)CCCC1. The Bertz CT molecular complexity index is 800. The second kappa shape index (κ2) is 7.01. The van der Waals surface area contributed by atoms with Crippen LogP contribution in [0.25, 0.3) is 0 Å². The molecule has 2 aromatic carbocycles. The van der Waals surface area contributed by atoms with Gasteiger partial charge in [0.05, 0.1) is 10.3 Å². The number of esters is 1. The molecule has 0 aliphatic heterocycles. The van der Waals surface area contributed by atoms with Crippen LogP contribution in [0.2, 0.25) is 0 Å². The summed E-state index contributed by atoms with van der Waals surface area (Å²) in [6, 6.07) is 12.2. The van der Waals surface area contributed by atoms with Gasteiger partial charge in [-0.05, 0) is 24.5 Å². The Kier molecular flexibility index (Phi) is 4.79. The van der Waals surface area contributed by atoms with Gasteiger partial charge in [0.2, 0.25) is 0 Å². The van der Waals surface area contributed by atoms with Crippen LogP contribution in [0.1, 0.15) is 36.8 Å². The van der Waals surface area contributed by atoms with Crippen molar-refractivity contribution in [3.8, 4) is 0 Å². The van der Waals surface area contributed by atoms with Gasteiger partial charge in [-0.2, -0.15) is 0 Å². The molecule has 0 atom stereocenters. The standard InChI is InChI=1S/C19H18FNO4/c20-17-9-2-1-8-16(17)19(10-3-4-11-19)18(22)25-13-14-6-5-7-15(12-14)21(23)24/h1-2,5-9,12H,3-4,10-11,13H2. The molecule has 130 valence electrons. The second-order valence-electron chi connectivity index (χ2n) is 6.27. The van der Waals surface area contributed by atoms with E-state index in [1.807, 2.05) is 0 Å². The van der Waals surface area contributed by atoms with Crippen LogP contribution >= 0.6 is 0 Å². The van der Waals surface area contributed by atoms with Crippen molar-refractivity contribution in [1.29, 1.82) is 0 Å². The summed E-state index contributed by atoms with van der Waals surface area (Å²) in [6.07, 6.45) is 2.75. The van der Waals surface area contributed by atoms with E-state index in [0.29, 0.717) is 24.0 Å². The van der Waals surface area contributed by atoms with Crippen molar-refractivity contribution in [3.63, 3.8) is 0 Å². The van der Waals surface area contributed by atoms with Crippen LogP contribution in [0.3, 0.4) is 0 Å². The Balaban J connectivity index is 1.80. The van der Waals surface area contributed by atoms with E-state index in [-0.39, 0.29) is 12.3 Å². The Morgan fingerprint density at radius 3 is 2.56 bits per heavy atom. The Morgan fingerprint density at radius 2 is 1.88 bits per heavy atom. The average molecular weight is 343 g/mol. The van der Waals surface area contributed by atoms with Crippen molar-refractivity contribution in [3.05, 3.63) is 75.6 Å². The van der Waals surface area contributed by atoms with Gasteiger partial charge in [0.25, 0.3) is 5.69 Å². The summed E-state index contributed by atoms with van der Waals surface area (Å²) >= 11 is 0. The fourth-order valence-corrected chi connectivity index (χ4v) is 3.46. The molecule has 0 amide bonds. The zero-order valence-corrected chi connectivity index (χ0v) is 13.6. The number of nitro groups is 1. The van der Waals surface area contributed by atoms with Gasteiger partial charge in [0.15, 0.2) is 0 Å². The maximum Gasteiger partial charge on any atom is 0.317 e. The number of nitrogens with zero attached hydrogens (tertiary/aromatic N) is 1. The number of hydrogen-bond acceptors (Lipinski definition) is 4. The molecule has 1 fully saturated rings. The first-order chi connectivity index (χ1) is 12.0. The summed E-state index contributed by atoms with van der Waals surface area (Å²) in [4.78, 5) is 23.1. The predicted octanol–water partition coefficient (Wildman–Crippen LogP) is 4.29. The van der Waals surface area contributed by atoms with Crippen molar-refractivity contribution < 1.29 is 18.8 Å². The van der Waals surface area contributed by atoms with Crippen LogP contribution in [0.5, 0.6) is 0 Å². The molecule has 1 aliphatic rings. The number of ether oxygens (including phenoxy) is 1. The quantitative estimate of drug-likeness (QED) is 0.461. The van der Waals surface area contributed by atoms with E-state index in [1.54, 1.807) is 30.3 Å². The molecule has 0 heterocycles. The lowest BCUT2D eigenvalue weighted by molar-refractivity contribution is -0.384. The Morgan fingerprint density at radius 1 is 1.16 bits per heavy atom. The number of carbonyl (C=O) groups excluding carboxylic acids is 1. The van der Waals surface area contributed by atoms with Crippen LogP contribution in [0.4, 0.5) is 10.1 Å². The number of non-ortho nitro benzene ring substituents is 1. The summed E-state index contributed by atoms with van der Waals surface area (Å²) in [5, 5.41) is 10.8. The van der Waals surface area contributed by atoms with E-state index < -0.39 is 22.1 Å². The average Bonchev–Trinajstić information content (AvgIpc) is 3.11. The van der Waals surface area contributed by atoms with E-state index in [4.69, 9.17) is 4.74 Å². The lowest BCUT2D eigenvalue weighted by Crippen LogP contribution is -2.35. The number of rotatable bonds is 5. The first-order valence-electron chi connectivity index (χ1n) is 8.18. The predicted molar refractivity (Wildman–Crippen MR) is 89.4 cm³/mol. The summed E-state index contributed by atoms with van der Waals surface area (Å²) in [6.45, 7) is -0.0727. The first-order valence-corrected chi connectivity index (χ1v) is 8.18. The van der Waals surface area contributed by atoms with E-state index in [9.17, 15) is 19.3 Å². The molecule has 3 rings (SSSR count). The lowest BCUT2D eigenvalue weighted by Gasteiger charge is -2.27. The molecular weight excluding hydrogens is 325 g/mol. The van der Waals surface area contributed by atoms with E-state index in [1.165, 1.54) is 18.2 Å². The van der Waals surface area contributed by atoms with Gasteiger partial charge < -0.3 is 4.74 Å². The third-order valence-corrected chi connectivity index (χ3v) is 4.73. The molecule has 0 bridgehead atoms. The first kappa shape index (κ1) is 17.1. The number of carbonyl (C=O) groups is 1. The van der Waals surface area contributed by atoms with Gasteiger partial charge in [-0.25, -0.2) is 4.39 Å². The van der Waals surface area contributed by atoms with Crippen molar-refractivity contribution in [2.75, 3.05) is 0 Å². The minimum absolute atomic E-state index is 0.0572. The van der Waals surface area contributed by atoms with Crippen molar-refractivity contribution in [1.82, 2.24) is 0 Å². The van der Waals surface area contributed by atoms with Gasteiger partial charge in [-0.1, -0.05) is 43.2 Å². The molecule has 5 nitrogen and oxygen atoms in total. The highest BCUT2D eigenvalue weighted by molar-refractivity contribution is 5.83. The third-order valence-electron chi connectivity index (χ3n) is 4.73. The minimum atomic E-state index is -0.966. The van der Waals surface area contributed by atoms with E-state index >= 15 is 0 Å². The highest BCUT2D eigenvalue weighted by Gasteiger charge is 2.45. The highest BCUT2D eigenvalue weighted by Crippen LogP contribution is 2.43. The molecular formula is C19H18FNO4. The summed E-state index contributed by atoms with van der Waals surface area (Å²) in [7, 11) is 0. The molecule has 2 aromatic rings. The largest absolute Gasteiger partial charge is 0.460 e. The molecule has 6 heteroatoms. The number of nitro benzene ring substituents is 1. The van der Waals surface area contributed by atoms with Crippen LogP contribution in [0, 0.1) is 15.9 Å². The zero-order chi connectivity index (χ0) is 17.9. The van der Waals surface area contributed by atoms with Crippen LogP contribution in [-0.2, 0) is 21.6 Å². The van der Waals surface area contributed by atoms with Gasteiger partial charge in [-0.15, -0.1) is 0 Å². The number of hydrogen-bond donors (Lipinski definition) is 0. The topological polar surface area (TPSA) is 69.4 Å². The molecule has 0 saturated heterocycles. The Hall–Kier alpha value is -2.76. The highest BCUT2D eigenvalue weighted by atomic mass is 19.1. The van der Waals surface area contributed by atoms with Crippen molar-refractivity contribution in [2.24, 2.45) is 0 Å². The van der Waals surface area contributed by atoms with E-state index in [2.05, 4.69) is 0 Å². The van der Waals surface area contributed by atoms with Crippen molar-refractivity contribution >= 4 is 11.7 Å². The fraction of sp³-hybridized carbons (Fsp3) is 0.316. The normalized spacial score (nSPS) is 15.7. The molecule has 0 radical (unpaired) electrons. The number of benzene rings is 2. The molecule has 25 heavy (non-hydrogen) atoms. The zero-order valence-electron chi connectivity index (χ0n) is 13.6. The van der Waals surface area contributed by atoms with Gasteiger partial charge >= 0.3 is 5.97 Å². The Labute approximate surface area is 144 Å². The molecule has 1 aliphatic carbocycles. The maximum absolute atomic E-state index is 14.3. The van der Waals surface area contributed by atoms with Crippen LogP contribution in [-0.4, -0.2) is 10.9 Å². The monoisotopic (exact) mass is 343 g/mol. The fourth-order valence-electron chi connectivity index (χ4n) is 3.46. The molecule has 0 N–H and O–H groups in total. The minimum Gasteiger partial charge on any atom is -0.460 e. The van der Waals surface area contributed by atoms with Crippen LogP contribution < -0.4 is 0 Å². The molecule has 0 spiro atoms. The van der Waals surface area contributed by atoms with Gasteiger partial charge in [0, 0.05) is 17.7 Å². The lowest BCUT2D eigenvalue weighted by atomic mass is 9.78. The smallest absolute Gasteiger partial charge is 0.317 e. The maximum atomic E-state index is 14.3. The van der Waals surface area contributed by atoms with Crippen molar-refractivity contribution in [2.45, 2.75) is 37.7 Å². The summed E-state index contributed by atoms with van der Waals surface area (Å²) in [5.41, 5.74) is -0.120. The van der Waals surface area contributed by atoms with E-state index in [0.717, 1.165) is 12.8 Å².